The molecule has 0 bridgehead atoms. The Hall–Kier alpha value is -1.12. The number of aryl methyl sites for hydroxylation is 1. The second-order valence-corrected chi connectivity index (χ2v) is 1.92. The SMILES string of the molecule is Cc1cc[n+](N)cc1F. The van der Waals surface area contributed by atoms with Crippen LogP contribution in [-0.2, 0) is 0 Å². The average Bonchev–Trinajstić information content (AvgIpc) is 1.80. The second kappa shape index (κ2) is 2.01. The molecule has 0 aromatic carbocycles. The van der Waals surface area contributed by atoms with Crippen molar-refractivity contribution in [3.8, 4) is 0 Å². The fourth-order valence-electron chi connectivity index (χ4n) is 0.553. The van der Waals surface area contributed by atoms with Gasteiger partial charge in [0.2, 0.25) is 6.20 Å². The Kier molecular flexibility index (Phi) is 1.34. The van der Waals surface area contributed by atoms with E-state index in [1.165, 1.54) is 10.9 Å². The smallest absolute Gasteiger partial charge is 0.205 e. The Balaban J connectivity index is 3.17. The predicted octanol–water partition coefficient (Wildman–Crippen LogP) is 0.135. The first-order valence-corrected chi connectivity index (χ1v) is 2.62. The molecule has 1 aromatic heterocycles. The van der Waals surface area contributed by atoms with E-state index in [1.807, 2.05) is 0 Å². The number of hydrogen-bond acceptors (Lipinski definition) is 1. The number of aromatic nitrogens is 1. The number of nitrogen functional groups attached to an aromatic ring is 1. The second-order valence-electron chi connectivity index (χ2n) is 1.92. The third-order valence-corrected chi connectivity index (χ3v) is 1.14. The van der Waals surface area contributed by atoms with Crippen molar-refractivity contribution in [2.24, 2.45) is 0 Å². The van der Waals surface area contributed by atoms with Gasteiger partial charge in [-0.3, -0.25) is 0 Å². The van der Waals surface area contributed by atoms with Crippen LogP contribution in [0.4, 0.5) is 4.39 Å². The molecular weight excluding hydrogens is 119 g/mol. The molecule has 0 saturated carbocycles. The van der Waals surface area contributed by atoms with Crippen LogP contribution in [0, 0.1) is 12.7 Å². The Labute approximate surface area is 52.7 Å². The van der Waals surface area contributed by atoms with Gasteiger partial charge in [0.15, 0.2) is 12.0 Å². The van der Waals surface area contributed by atoms with Gasteiger partial charge in [0.25, 0.3) is 0 Å². The first-order valence-electron chi connectivity index (χ1n) is 2.62. The van der Waals surface area contributed by atoms with Crippen molar-refractivity contribution in [2.75, 3.05) is 5.84 Å². The fraction of sp³-hybridized carbons (Fsp3) is 0.167. The zero-order chi connectivity index (χ0) is 6.85. The molecule has 0 aliphatic rings. The lowest BCUT2D eigenvalue weighted by atomic mass is 10.3. The summed E-state index contributed by atoms with van der Waals surface area (Å²) in [4.78, 5) is 0. The number of pyridine rings is 1. The van der Waals surface area contributed by atoms with Crippen molar-refractivity contribution in [3.05, 3.63) is 29.8 Å². The summed E-state index contributed by atoms with van der Waals surface area (Å²) in [6.07, 6.45) is 2.83. The summed E-state index contributed by atoms with van der Waals surface area (Å²) in [5.41, 5.74) is 0.608. The zero-order valence-electron chi connectivity index (χ0n) is 5.13. The maximum atomic E-state index is 12.5. The van der Waals surface area contributed by atoms with Crippen LogP contribution in [-0.4, -0.2) is 0 Å². The van der Waals surface area contributed by atoms with Crippen molar-refractivity contribution < 1.29 is 9.07 Å². The van der Waals surface area contributed by atoms with Crippen molar-refractivity contribution in [3.63, 3.8) is 0 Å². The van der Waals surface area contributed by atoms with E-state index in [4.69, 9.17) is 5.84 Å². The summed E-state index contributed by atoms with van der Waals surface area (Å²) in [5.74, 6) is 4.93. The Bertz CT molecular complexity index is 222. The van der Waals surface area contributed by atoms with Crippen LogP contribution in [0.2, 0.25) is 0 Å². The van der Waals surface area contributed by atoms with E-state index in [1.54, 1.807) is 19.2 Å². The summed E-state index contributed by atoms with van der Waals surface area (Å²) >= 11 is 0. The minimum atomic E-state index is -0.278. The molecule has 9 heavy (non-hydrogen) atoms. The highest BCUT2D eigenvalue weighted by atomic mass is 19.1. The molecule has 0 radical (unpaired) electrons. The molecule has 2 N–H and O–H groups in total. The van der Waals surface area contributed by atoms with Gasteiger partial charge in [-0.1, -0.05) is 4.68 Å². The Morgan fingerprint density at radius 2 is 2.33 bits per heavy atom. The normalized spacial score (nSPS) is 9.56. The molecule has 0 aliphatic carbocycles. The highest BCUT2D eigenvalue weighted by molar-refractivity contribution is 5.06. The van der Waals surface area contributed by atoms with Crippen LogP contribution in [0.25, 0.3) is 0 Å². The van der Waals surface area contributed by atoms with E-state index in [9.17, 15) is 4.39 Å². The lowest BCUT2D eigenvalue weighted by Crippen LogP contribution is -2.43. The zero-order valence-corrected chi connectivity index (χ0v) is 5.13. The summed E-state index contributed by atoms with van der Waals surface area (Å²) in [6, 6.07) is 1.62. The fourth-order valence-corrected chi connectivity index (χ4v) is 0.553. The third kappa shape index (κ3) is 1.16. The topological polar surface area (TPSA) is 29.9 Å². The van der Waals surface area contributed by atoms with Gasteiger partial charge in [0.05, 0.1) is 0 Å². The summed E-state index contributed by atoms with van der Waals surface area (Å²) in [6.45, 7) is 1.69. The standard InChI is InChI=1S/C6H8FN2/c1-5-2-3-9(8)4-6(5)7/h2-4H,8H2,1H3/q+1. The van der Waals surface area contributed by atoms with E-state index in [0.29, 0.717) is 5.56 Å². The van der Waals surface area contributed by atoms with Gasteiger partial charge in [-0.2, -0.15) is 4.39 Å². The summed E-state index contributed by atoms with van der Waals surface area (Å²) in [7, 11) is 0. The molecule has 0 atom stereocenters. The lowest BCUT2D eigenvalue weighted by Gasteiger charge is -1.89. The van der Waals surface area contributed by atoms with Crippen LogP contribution in [0.3, 0.4) is 0 Å². The lowest BCUT2D eigenvalue weighted by molar-refractivity contribution is -0.640. The van der Waals surface area contributed by atoms with E-state index in [0.717, 1.165) is 0 Å². The van der Waals surface area contributed by atoms with E-state index < -0.39 is 0 Å². The average molecular weight is 127 g/mol. The predicted molar refractivity (Wildman–Crippen MR) is 31.5 cm³/mol. The number of hydrogen-bond donors (Lipinski definition) is 1. The maximum absolute atomic E-state index is 12.5. The van der Waals surface area contributed by atoms with Crippen LogP contribution >= 0.6 is 0 Å². The van der Waals surface area contributed by atoms with Gasteiger partial charge in [-0.05, 0) is 12.5 Å². The highest BCUT2D eigenvalue weighted by Gasteiger charge is 2.00. The number of halogens is 1. The van der Waals surface area contributed by atoms with Gasteiger partial charge in [0.1, 0.15) is 0 Å². The maximum Gasteiger partial charge on any atom is 0.234 e. The van der Waals surface area contributed by atoms with Crippen LogP contribution < -0.4 is 10.5 Å². The molecule has 0 spiro atoms. The molecule has 0 amide bonds. The van der Waals surface area contributed by atoms with Gasteiger partial charge < -0.3 is 0 Å². The molecule has 1 aromatic rings. The first kappa shape index (κ1) is 6.01. The van der Waals surface area contributed by atoms with Crippen LogP contribution in [0.1, 0.15) is 5.56 Å². The van der Waals surface area contributed by atoms with Crippen molar-refractivity contribution in [2.45, 2.75) is 6.92 Å². The molecule has 3 heteroatoms. The van der Waals surface area contributed by atoms with Gasteiger partial charge in [0, 0.05) is 6.07 Å². The molecule has 2 nitrogen and oxygen atoms in total. The van der Waals surface area contributed by atoms with Gasteiger partial charge in [-0.15, -0.1) is 0 Å². The minimum absolute atomic E-state index is 0.278. The molecular formula is C6H8FN2+. The van der Waals surface area contributed by atoms with Crippen LogP contribution in [0.5, 0.6) is 0 Å². The molecule has 1 heterocycles. The molecule has 48 valence electrons. The molecule has 0 unspecified atom stereocenters. The van der Waals surface area contributed by atoms with E-state index in [-0.39, 0.29) is 5.82 Å². The van der Waals surface area contributed by atoms with Gasteiger partial charge in [-0.25, -0.2) is 5.84 Å². The molecule has 1 rings (SSSR count). The highest BCUT2D eigenvalue weighted by Crippen LogP contribution is 1.98. The molecule has 0 saturated heterocycles. The van der Waals surface area contributed by atoms with Crippen molar-refractivity contribution in [1.82, 2.24) is 0 Å². The Morgan fingerprint density at radius 1 is 1.67 bits per heavy atom. The third-order valence-electron chi connectivity index (χ3n) is 1.14. The first-order chi connectivity index (χ1) is 4.20. The number of nitrogens with zero attached hydrogens (tertiary/aromatic N) is 1. The summed E-state index contributed by atoms with van der Waals surface area (Å²) in [5, 5.41) is 0. The number of nitrogens with two attached hydrogens (primary N) is 1. The van der Waals surface area contributed by atoms with Crippen LogP contribution in [0.15, 0.2) is 18.5 Å². The molecule has 0 fully saturated rings. The minimum Gasteiger partial charge on any atom is -0.205 e. The largest absolute Gasteiger partial charge is 0.234 e. The van der Waals surface area contributed by atoms with E-state index in [2.05, 4.69) is 0 Å². The van der Waals surface area contributed by atoms with Crippen molar-refractivity contribution in [1.29, 1.82) is 0 Å². The van der Waals surface area contributed by atoms with Crippen molar-refractivity contribution >= 4 is 0 Å². The van der Waals surface area contributed by atoms with Gasteiger partial charge >= 0.3 is 0 Å². The Morgan fingerprint density at radius 3 is 2.78 bits per heavy atom. The monoisotopic (exact) mass is 127 g/mol. The number of rotatable bonds is 0. The van der Waals surface area contributed by atoms with E-state index >= 15 is 0 Å². The quantitative estimate of drug-likeness (QED) is 0.390. The molecule has 0 aliphatic heterocycles. The summed E-state index contributed by atoms with van der Waals surface area (Å²) < 4.78 is 13.7.